The molecule has 1 atom stereocenters. The third-order valence-electron chi connectivity index (χ3n) is 5.22. The van der Waals surface area contributed by atoms with Crippen molar-refractivity contribution in [3.8, 4) is 0 Å². The van der Waals surface area contributed by atoms with E-state index in [-0.39, 0.29) is 0 Å². The predicted octanol–water partition coefficient (Wildman–Crippen LogP) is 6.52. The van der Waals surface area contributed by atoms with Crippen molar-refractivity contribution < 1.29 is 0 Å². The summed E-state index contributed by atoms with van der Waals surface area (Å²) in [5.41, 5.74) is 5.46. The van der Waals surface area contributed by atoms with Gasteiger partial charge in [0.2, 0.25) is 0 Å². The zero-order valence-electron chi connectivity index (χ0n) is 15.6. The quantitative estimate of drug-likeness (QED) is 0.559. The number of hydrogen-bond donors (Lipinski definition) is 0. The van der Waals surface area contributed by atoms with Gasteiger partial charge in [-0.25, -0.2) is 0 Å². The molecule has 0 amide bonds. The maximum atomic E-state index is 5.07. The molecular formula is C21H32N2S. The fourth-order valence-corrected chi connectivity index (χ4v) is 5.13. The molecule has 24 heavy (non-hydrogen) atoms. The molecule has 0 bridgehead atoms. The van der Waals surface area contributed by atoms with E-state index in [0.29, 0.717) is 5.25 Å². The Morgan fingerprint density at radius 3 is 2.58 bits per heavy atom. The number of fused-ring (bicyclic) bond motifs is 2. The second kappa shape index (κ2) is 8.42. The number of benzene rings is 1. The van der Waals surface area contributed by atoms with Crippen LogP contribution in [0.15, 0.2) is 22.0 Å². The van der Waals surface area contributed by atoms with Gasteiger partial charge in [0.25, 0.3) is 0 Å². The van der Waals surface area contributed by atoms with Gasteiger partial charge in [-0.05, 0) is 56.7 Å². The smallest absolute Gasteiger partial charge is 0.0796 e. The van der Waals surface area contributed by atoms with Gasteiger partial charge in [-0.3, -0.25) is 4.99 Å². The minimum atomic E-state index is 0.639. The van der Waals surface area contributed by atoms with Crippen LogP contribution in [0.5, 0.6) is 0 Å². The van der Waals surface area contributed by atoms with Crippen molar-refractivity contribution in [3.63, 3.8) is 0 Å². The standard InChI is InChI=1S/C21H32N2S/c1-4-6-12-23(13-7-5-2)17-14-16(3)21-20(15-17)24-19-11-9-8-10-18(19)22-21/h14-15,19H,4-13H2,1-3H3. The number of rotatable bonds is 7. The van der Waals surface area contributed by atoms with Crippen molar-refractivity contribution in [1.82, 2.24) is 0 Å². The van der Waals surface area contributed by atoms with Crippen LogP contribution in [0, 0.1) is 6.92 Å². The highest BCUT2D eigenvalue weighted by molar-refractivity contribution is 8.00. The second-order valence-corrected chi connectivity index (χ2v) is 8.50. The van der Waals surface area contributed by atoms with E-state index in [0.717, 1.165) is 0 Å². The van der Waals surface area contributed by atoms with Crippen molar-refractivity contribution in [2.75, 3.05) is 18.0 Å². The fourth-order valence-electron chi connectivity index (χ4n) is 3.73. The lowest BCUT2D eigenvalue weighted by Gasteiger charge is -2.31. The molecule has 1 aliphatic carbocycles. The molecule has 1 saturated carbocycles. The first-order chi connectivity index (χ1) is 11.7. The first-order valence-electron chi connectivity index (χ1n) is 9.86. The summed E-state index contributed by atoms with van der Waals surface area (Å²) < 4.78 is 0. The van der Waals surface area contributed by atoms with Crippen LogP contribution in [0.25, 0.3) is 0 Å². The van der Waals surface area contributed by atoms with E-state index in [9.17, 15) is 0 Å². The van der Waals surface area contributed by atoms with Crippen molar-refractivity contribution in [3.05, 3.63) is 17.7 Å². The molecule has 132 valence electrons. The van der Waals surface area contributed by atoms with Crippen molar-refractivity contribution in [1.29, 1.82) is 0 Å². The number of nitrogens with zero attached hydrogens (tertiary/aromatic N) is 2. The Balaban J connectivity index is 1.88. The van der Waals surface area contributed by atoms with Crippen LogP contribution in [0.1, 0.15) is 70.8 Å². The molecule has 1 aromatic rings. The average Bonchev–Trinajstić information content (AvgIpc) is 2.60. The van der Waals surface area contributed by atoms with Gasteiger partial charge >= 0.3 is 0 Å². The van der Waals surface area contributed by atoms with Crippen molar-refractivity contribution in [2.45, 2.75) is 82.3 Å². The summed E-state index contributed by atoms with van der Waals surface area (Å²) in [4.78, 5) is 9.08. The maximum absolute atomic E-state index is 5.07. The van der Waals surface area contributed by atoms with Gasteiger partial charge in [-0.1, -0.05) is 33.1 Å². The molecule has 1 aromatic carbocycles. The van der Waals surface area contributed by atoms with Crippen LogP contribution in [-0.2, 0) is 0 Å². The Labute approximate surface area is 152 Å². The molecular weight excluding hydrogens is 312 g/mol. The normalized spacial score (nSPS) is 19.5. The average molecular weight is 345 g/mol. The van der Waals surface area contributed by atoms with Crippen LogP contribution >= 0.6 is 11.8 Å². The minimum Gasteiger partial charge on any atom is -0.371 e. The van der Waals surface area contributed by atoms with Crippen LogP contribution in [0.3, 0.4) is 0 Å². The monoisotopic (exact) mass is 344 g/mol. The molecule has 3 rings (SSSR count). The lowest BCUT2D eigenvalue weighted by Crippen LogP contribution is -2.26. The molecule has 0 radical (unpaired) electrons. The lowest BCUT2D eigenvalue weighted by molar-refractivity contribution is 0.671. The summed E-state index contributed by atoms with van der Waals surface area (Å²) in [7, 11) is 0. The van der Waals surface area contributed by atoms with E-state index in [1.807, 2.05) is 0 Å². The van der Waals surface area contributed by atoms with E-state index in [2.05, 4.69) is 49.6 Å². The van der Waals surface area contributed by atoms with E-state index in [4.69, 9.17) is 4.99 Å². The summed E-state index contributed by atoms with van der Waals surface area (Å²) in [5, 5.41) is 0.639. The van der Waals surface area contributed by atoms with Crippen molar-refractivity contribution >= 4 is 28.8 Å². The topological polar surface area (TPSA) is 15.6 Å². The first-order valence-corrected chi connectivity index (χ1v) is 10.7. The van der Waals surface area contributed by atoms with Gasteiger partial charge < -0.3 is 4.90 Å². The van der Waals surface area contributed by atoms with E-state index in [1.54, 1.807) is 0 Å². The largest absolute Gasteiger partial charge is 0.371 e. The Kier molecular flexibility index (Phi) is 6.26. The molecule has 2 aliphatic rings. The third kappa shape index (κ3) is 3.99. The van der Waals surface area contributed by atoms with Gasteiger partial charge in [0, 0.05) is 34.6 Å². The summed E-state index contributed by atoms with van der Waals surface area (Å²) in [6.07, 6.45) is 10.3. The zero-order valence-corrected chi connectivity index (χ0v) is 16.4. The Hall–Kier alpha value is -0.960. The molecule has 2 nitrogen and oxygen atoms in total. The number of unbranched alkanes of at least 4 members (excludes halogenated alkanes) is 2. The molecule has 1 heterocycles. The number of thioether (sulfide) groups is 1. The van der Waals surface area contributed by atoms with E-state index < -0.39 is 0 Å². The van der Waals surface area contributed by atoms with Crippen LogP contribution in [-0.4, -0.2) is 24.1 Å². The fraction of sp³-hybridized carbons (Fsp3) is 0.667. The van der Waals surface area contributed by atoms with Gasteiger partial charge in [-0.2, -0.15) is 0 Å². The SMILES string of the molecule is CCCCN(CCCC)c1cc(C)c2c(c1)SC1CCCCC1=N2. The maximum Gasteiger partial charge on any atom is 0.0796 e. The highest BCUT2D eigenvalue weighted by atomic mass is 32.2. The van der Waals surface area contributed by atoms with Crippen LogP contribution < -0.4 is 4.90 Å². The number of anilines is 1. The summed E-state index contributed by atoms with van der Waals surface area (Å²) in [6.45, 7) is 9.17. The van der Waals surface area contributed by atoms with Gasteiger partial charge in [0.1, 0.15) is 0 Å². The molecule has 0 spiro atoms. The highest BCUT2D eigenvalue weighted by Gasteiger charge is 2.27. The van der Waals surface area contributed by atoms with Gasteiger partial charge in [-0.15, -0.1) is 11.8 Å². The lowest BCUT2D eigenvalue weighted by atomic mass is 9.97. The zero-order chi connectivity index (χ0) is 16.9. The van der Waals surface area contributed by atoms with E-state index in [1.165, 1.54) is 92.0 Å². The second-order valence-electron chi connectivity index (χ2n) is 7.26. The van der Waals surface area contributed by atoms with Crippen LogP contribution in [0.4, 0.5) is 11.4 Å². The Bertz CT molecular complexity index is 586. The number of hydrogen-bond acceptors (Lipinski definition) is 3. The molecule has 0 aromatic heterocycles. The molecule has 3 heteroatoms. The number of aryl methyl sites for hydroxylation is 1. The Morgan fingerprint density at radius 1 is 1.12 bits per heavy atom. The molecule has 1 fully saturated rings. The van der Waals surface area contributed by atoms with Crippen molar-refractivity contribution in [2.24, 2.45) is 4.99 Å². The molecule has 0 saturated heterocycles. The summed E-state index contributed by atoms with van der Waals surface area (Å²) in [5.74, 6) is 0. The summed E-state index contributed by atoms with van der Waals surface area (Å²) in [6, 6.07) is 4.80. The number of aliphatic imine (C=N–C) groups is 1. The van der Waals surface area contributed by atoms with E-state index >= 15 is 0 Å². The first kappa shape index (κ1) is 17.8. The highest BCUT2D eigenvalue weighted by Crippen LogP contribution is 2.45. The minimum absolute atomic E-state index is 0.639. The summed E-state index contributed by atoms with van der Waals surface area (Å²) >= 11 is 2.08. The van der Waals surface area contributed by atoms with Gasteiger partial charge in [0.05, 0.1) is 5.69 Å². The predicted molar refractivity (Wildman–Crippen MR) is 108 cm³/mol. The molecule has 1 aliphatic heterocycles. The van der Waals surface area contributed by atoms with Gasteiger partial charge in [0.15, 0.2) is 0 Å². The molecule has 1 unspecified atom stereocenters. The third-order valence-corrected chi connectivity index (χ3v) is 6.58. The molecule has 0 N–H and O–H groups in total. The van der Waals surface area contributed by atoms with Crippen LogP contribution in [0.2, 0.25) is 0 Å². The Morgan fingerprint density at radius 2 is 1.88 bits per heavy atom.